The minimum absolute atomic E-state index is 0.0119. The molecule has 0 saturated carbocycles. The highest BCUT2D eigenvalue weighted by Crippen LogP contribution is 2.15. The van der Waals surface area contributed by atoms with Gasteiger partial charge in [0.1, 0.15) is 0 Å². The SMILES string of the molecule is O=c1sc2ccccc2n1CCNCCS(=O)(=O)CCCOCCc1ccccc1. The van der Waals surface area contributed by atoms with Crippen LogP contribution in [0.2, 0.25) is 0 Å². The molecule has 0 aliphatic rings. The Balaban J connectivity index is 1.27. The van der Waals surface area contributed by atoms with Gasteiger partial charge in [0.05, 0.1) is 28.3 Å². The van der Waals surface area contributed by atoms with E-state index in [0.717, 1.165) is 16.6 Å². The second-order valence-electron chi connectivity index (χ2n) is 7.09. The van der Waals surface area contributed by atoms with Crippen molar-refractivity contribution < 1.29 is 13.2 Å². The molecule has 162 valence electrons. The molecule has 0 radical (unpaired) electrons. The molecule has 0 saturated heterocycles. The van der Waals surface area contributed by atoms with Gasteiger partial charge in [0.15, 0.2) is 9.84 Å². The van der Waals surface area contributed by atoms with E-state index < -0.39 is 9.84 Å². The first-order valence-corrected chi connectivity index (χ1v) is 12.8. The van der Waals surface area contributed by atoms with Crippen LogP contribution in [-0.4, -0.2) is 50.8 Å². The van der Waals surface area contributed by atoms with E-state index in [9.17, 15) is 13.2 Å². The Labute approximate surface area is 181 Å². The number of aromatic nitrogens is 1. The van der Waals surface area contributed by atoms with E-state index in [1.807, 2.05) is 42.5 Å². The molecule has 3 rings (SSSR count). The molecule has 0 amide bonds. The lowest BCUT2D eigenvalue weighted by Crippen LogP contribution is -2.29. The van der Waals surface area contributed by atoms with E-state index in [0.29, 0.717) is 39.3 Å². The van der Waals surface area contributed by atoms with Gasteiger partial charge in [0, 0.05) is 26.2 Å². The van der Waals surface area contributed by atoms with Crippen molar-refractivity contribution in [3.8, 4) is 0 Å². The minimum Gasteiger partial charge on any atom is -0.381 e. The smallest absolute Gasteiger partial charge is 0.308 e. The second kappa shape index (κ2) is 11.4. The van der Waals surface area contributed by atoms with Gasteiger partial charge in [-0.25, -0.2) is 8.42 Å². The quantitative estimate of drug-likeness (QED) is 0.407. The van der Waals surface area contributed by atoms with Crippen molar-refractivity contribution >= 4 is 31.4 Å². The lowest BCUT2D eigenvalue weighted by Gasteiger charge is -2.08. The summed E-state index contributed by atoms with van der Waals surface area (Å²) >= 11 is 1.23. The monoisotopic (exact) mass is 448 g/mol. The molecule has 2 aromatic carbocycles. The van der Waals surface area contributed by atoms with Crippen LogP contribution in [0.15, 0.2) is 59.4 Å². The van der Waals surface area contributed by atoms with Crippen molar-refractivity contribution in [2.45, 2.75) is 19.4 Å². The zero-order valence-electron chi connectivity index (χ0n) is 17.0. The number of thiazole rings is 1. The molecule has 0 spiro atoms. The van der Waals surface area contributed by atoms with Gasteiger partial charge in [0.2, 0.25) is 0 Å². The first-order valence-electron chi connectivity index (χ1n) is 10.2. The van der Waals surface area contributed by atoms with Crippen LogP contribution in [0.4, 0.5) is 0 Å². The number of nitrogens with zero attached hydrogens (tertiary/aromatic N) is 1. The second-order valence-corrected chi connectivity index (χ2v) is 10.4. The molecule has 6 nitrogen and oxygen atoms in total. The molecule has 0 aliphatic carbocycles. The number of hydrogen-bond donors (Lipinski definition) is 1. The van der Waals surface area contributed by atoms with Crippen molar-refractivity contribution in [2.24, 2.45) is 0 Å². The highest BCUT2D eigenvalue weighted by Gasteiger charge is 2.10. The van der Waals surface area contributed by atoms with Gasteiger partial charge in [-0.05, 0) is 30.5 Å². The molecule has 3 aromatic rings. The Morgan fingerprint density at radius 3 is 2.53 bits per heavy atom. The van der Waals surface area contributed by atoms with Crippen molar-refractivity contribution in [1.29, 1.82) is 0 Å². The van der Waals surface area contributed by atoms with Gasteiger partial charge in [-0.2, -0.15) is 0 Å². The maximum absolute atomic E-state index is 12.2. The molecule has 0 atom stereocenters. The molecule has 1 N–H and O–H groups in total. The molecule has 0 aliphatic heterocycles. The van der Waals surface area contributed by atoms with E-state index in [-0.39, 0.29) is 16.4 Å². The third-order valence-electron chi connectivity index (χ3n) is 4.80. The van der Waals surface area contributed by atoms with Crippen LogP contribution in [0.25, 0.3) is 10.2 Å². The minimum atomic E-state index is -3.11. The van der Waals surface area contributed by atoms with Crippen LogP contribution in [0.1, 0.15) is 12.0 Å². The predicted molar refractivity (Wildman–Crippen MR) is 123 cm³/mol. The normalized spacial score (nSPS) is 11.9. The zero-order chi connectivity index (χ0) is 21.2. The summed E-state index contributed by atoms with van der Waals surface area (Å²) in [6.45, 7) is 2.51. The van der Waals surface area contributed by atoms with E-state index >= 15 is 0 Å². The lowest BCUT2D eigenvalue weighted by atomic mass is 10.2. The number of para-hydroxylation sites is 1. The Hall–Kier alpha value is -2.00. The molecule has 30 heavy (non-hydrogen) atoms. The van der Waals surface area contributed by atoms with E-state index in [2.05, 4.69) is 17.4 Å². The molecule has 0 unspecified atom stereocenters. The summed E-state index contributed by atoms with van der Waals surface area (Å²) in [5, 5.41) is 3.14. The standard InChI is InChI=1S/C22H28N2O4S2/c25-22-24(20-9-4-5-10-21(20)29-22)14-12-23-13-18-30(26,27)17-6-15-28-16-11-19-7-2-1-3-8-19/h1-5,7-10,23H,6,11-18H2. The predicted octanol–water partition coefficient (Wildman–Crippen LogP) is 2.72. The molecule has 1 heterocycles. The summed E-state index contributed by atoms with van der Waals surface area (Å²) < 4.78 is 32.6. The summed E-state index contributed by atoms with van der Waals surface area (Å²) in [7, 11) is -3.11. The van der Waals surface area contributed by atoms with Gasteiger partial charge in [-0.1, -0.05) is 53.8 Å². The van der Waals surface area contributed by atoms with Gasteiger partial charge in [-0.3, -0.25) is 9.36 Å². The van der Waals surface area contributed by atoms with E-state index in [1.165, 1.54) is 16.9 Å². The molecular weight excluding hydrogens is 420 g/mol. The van der Waals surface area contributed by atoms with Crippen LogP contribution in [0.5, 0.6) is 0 Å². The number of fused-ring (bicyclic) bond motifs is 1. The highest BCUT2D eigenvalue weighted by molar-refractivity contribution is 7.91. The topological polar surface area (TPSA) is 77.4 Å². The summed E-state index contributed by atoms with van der Waals surface area (Å²) in [6, 6.07) is 17.8. The lowest BCUT2D eigenvalue weighted by molar-refractivity contribution is 0.138. The number of benzene rings is 2. The summed E-state index contributed by atoms with van der Waals surface area (Å²) in [5.41, 5.74) is 2.14. The third-order valence-corrected chi connectivity index (χ3v) is 7.49. The van der Waals surface area contributed by atoms with Gasteiger partial charge >= 0.3 is 4.87 Å². The van der Waals surface area contributed by atoms with Crippen LogP contribution in [-0.2, 0) is 27.5 Å². The first kappa shape index (κ1) is 22.7. The van der Waals surface area contributed by atoms with Crippen LogP contribution in [0.3, 0.4) is 0 Å². The fourth-order valence-corrected chi connectivity index (χ4v) is 5.32. The Morgan fingerprint density at radius 1 is 0.933 bits per heavy atom. The van der Waals surface area contributed by atoms with Crippen molar-refractivity contribution in [2.75, 3.05) is 37.8 Å². The van der Waals surface area contributed by atoms with Crippen LogP contribution in [0, 0.1) is 0 Å². The number of nitrogens with one attached hydrogen (secondary N) is 1. The maximum Gasteiger partial charge on any atom is 0.308 e. The van der Waals surface area contributed by atoms with Gasteiger partial charge in [-0.15, -0.1) is 0 Å². The van der Waals surface area contributed by atoms with E-state index in [4.69, 9.17) is 4.74 Å². The maximum atomic E-state index is 12.2. The summed E-state index contributed by atoms with van der Waals surface area (Å²) in [4.78, 5) is 12.1. The fourth-order valence-electron chi connectivity index (χ4n) is 3.19. The number of rotatable bonds is 13. The van der Waals surface area contributed by atoms with Gasteiger partial charge < -0.3 is 10.1 Å². The highest BCUT2D eigenvalue weighted by atomic mass is 32.2. The first-order chi connectivity index (χ1) is 14.6. The summed E-state index contributed by atoms with van der Waals surface area (Å²) in [5.74, 6) is 0.227. The van der Waals surface area contributed by atoms with E-state index in [1.54, 1.807) is 4.57 Å². The van der Waals surface area contributed by atoms with Gasteiger partial charge in [0.25, 0.3) is 0 Å². The van der Waals surface area contributed by atoms with Crippen molar-refractivity contribution in [3.05, 3.63) is 69.8 Å². The largest absolute Gasteiger partial charge is 0.381 e. The average molecular weight is 449 g/mol. The van der Waals surface area contributed by atoms with Crippen LogP contribution >= 0.6 is 11.3 Å². The van der Waals surface area contributed by atoms with Crippen LogP contribution < -0.4 is 10.2 Å². The fraction of sp³-hybridized carbons (Fsp3) is 0.409. The Kier molecular flexibility index (Phi) is 8.62. The molecule has 8 heteroatoms. The average Bonchev–Trinajstić information content (AvgIpc) is 3.06. The zero-order valence-corrected chi connectivity index (χ0v) is 18.6. The molecule has 0 fully saturated rings. The molecular formula is C22H28N2O4S2. The Morgan fingerprint density at radius 2 is 1.70 bits per heavy atom. The van der Waals surface area contributed by atoms with Crippen molar-refractivity contribution in [1.82, 2.24) is 9.88 Å². The van der Waals surface area contributed by atoms with Crippen molar-refractivity contribution in [3.63, 3.8) is 0 Å². The third kappa shape index (κ3) is 7.05. The Bertz CT molecular complexity index is 1080. The molecule has 1 aromatic heterocycles. The number of hydrogen-bond acceptors (Lipinski definition) is 6. The number of ether oxygens (including phenoxy) is 1. The number of sulfone groups is 1. The summed E-state index contributed by atoms with van der Waals surface area (Å²) in [6.07, 6.45) is 1.34. The molecule has 0 bridgehead atoms.